The lowest BCUT2D eigenvalue weighted by Crippen LogP contribution is -2.38. The molecule has 1 saturated heterocycles. The lowest BCUT2D eigenvalue weighted by Gasteiger charge is -2.26. The van der Waals surface area contributed by atoms with Crippen molar-refractivity contribution < 1.29 is 10.2 Å². The van der Waals surface area contributed by atoms with Crippen LogP contribution in [0.25, 0.3) is 0 Å². The average Bonchev–Trinajstić information content (AvgIpc) is 2.88. The fourth-order valence-electron chi connectivity index (χ4n) is 3.32. The molecule has 2 atom stereocenters. The summed E-state index contributed by atoms with van der Waals surface area (Å²) in [6.45, 7) is 2.06. The first kappa shape index (κ1) is 12.3. The summed E-state index contributed by atoms with van der Waals surface area (Å²) in [4.78, 5) is 2.26. The van der Waals surface area contributed by atoms with Crippen LogP contribution < -0.4 is 0 Å². The highest BCUT2D eigenvalue weighted by atomic mass is 16.3. The first-order valence-electron chi connectivity index (χ1n) is 6.82. The van der Waals surface area contributed by atoms with E-state index in [0.29, 0.717) is 6.04 Å². The zero-order valence-electron chi connectivity index (χ0n) is 10.1. The molecule has 0 spiro atoms. The Balaban J connectivity index is 1.71. The molecule has 0 radical (unpaired) electrons. The van der Waals surface area contributed by atoms with E-state index in [1.807, 2.05) is 0 Å². The second-order valence-corrected chi connectivity index (χ2v) is 5.51. The smallest absolute Gasteiger partial charge is 0.0669 e. The highest BCUT2D eigenvalue weighted by Gasteiger charge is 2.27. The summed E-state index contributed by atoms with van der Waals surface area (Å²) in [5.74, 6) is 0.755. The number of β-amino-alcohol motifs (C(OH)–C–C–N with tert-alkyl or cyclic N) is 1. The summed E-state index contributed by atoms with van der Waals surface area (Å²) >= 11 is 0. The second-order valence-electron chi connectivity index (χ2n) is 5.51. The molecule has 1 aliphatic heterocycles. The van der Waals surface area contributed by atoms with Crippen LogP contribution >= 0.6 is 0 Å². The highest BCUT2D eigenvalue weighted by molar-refractivity contribution is 4.81. The van der Waals surface area contributed by atoms with E-state index in [1.54, 1.807) is 0 Å². The fraction of sp³-hybridized carbons (Fsp3) is 1.00. The van der Waals surface area contributed by atoms with Crippen molar-refractivity contribution in [2.75, 3.05) is 19.7 Å². The van der Waals surface area contributed by atoms with Gasteiger partial charge in [-0.25, -0.2) is 0 Å². The van der Waals surface area contributed by atoms with Crippen LogP contribution in [0.2, 0.25) is 0 Å². The normalized spacial score (nSPS) is 30.0. The van der Waals surface area contributed by atoms with Gasteiger partial charge in [0, 0.05) is 12.6 Å². The molecule has 0 aromatic carbocycles. The first-order chi connectivity index (χ1) is 7.79. The third-order valence-electron chi connectivity index (χ3n) is 4.24. The SMILES string of the molecule is OCC1CCCN1CC(O)CC1CCCC1. The van der Waals surface area contributed by atoms with Crippen molar-refractivity contribution in [3.63, 3.8) is 0 Å². The van der Waals surface area contributed by atoms with Crippen molar-refractivity contribution in [2.24, 2.45) is 5.92 Å². The van der Waals surface area contributed by atoms with E-state index in [-0.39, 0.29) is 12.7 Å². The molecule has 1 heterocycles. The molecule has 2 N–H and O–H groups in total. The Morgan fingerprint density at radius 1 is 1.12 bits per heavy atom. The van der Waals surface area contributed by atoms with E-state index in [1.165, 1.54) is 32.1 Å². The minimum Gasteiger partial charge on any atom is -0.395 e. The van der Waals surface area contributed by atoms with Crippen LogP contribution in [0, 0.1) is 5.92 Å². The first-order valence-corrected chi connectivity index (χ1v) is 6.82. The van der Waals surface area contributed by atoms with Crippen LogP contribution in [0.1, 0.15) is 44.9 Å². The summed E-state index contributed by atoms with van der Waals surface area (Å²) in [6.07, 6.45) is 8.35. The molecule has 2 unspecified atom stereocenters. The van der Waals surface area contributed by atoms with Gasteiger partial charge in [0.05, 0.1) is 12.7 Å². The molecule has 0 aromatic heterocycles. The maximum absolute atomic E-state index is 10.1. The molecule has 2 aliphatic rings. The van der Waals surface area contributed by atoms with Gasteiger partial charge in [-0.1, -0.05) is 25.7 Å². The van der Waals surface area contributed by atoms with Crippen LogP contribution in [-0.2, 0) is 0 Å². The van der Waals surface area contributed by atoms with Crippen molar-refractivity contribution in [2.45, 2.75) is 57.1 Å². The molecule has 2 fully saturated rings. The minimum absolute atomic E-state index is 0.185. The summed E-state index contributed by atoms with van der Waals surface area (Å²) in [6, 6.07) is 0.304. The summed E-state index contributed by atoms with van der Waals surface area (Å²) in [5, 5.41) is 19.3. The van der Waals surface area contributed by atoms with Gasteiger partial charge in [0.25, 0.3) is 0 Å². The Labute approximate surface area is 98.5 Å². The number of likely N-dealkylation sites (tertiary alicyclic amines) is 1. The molecule has 3 nitrogen and oxygen atoms in total. The van der Waals surface area contributed by atoms with Gasteiger partial charge in [0.15, 0.2) is 0 Å². The van der Waals surface area contributed by atoms with Crippen molar-refractivity contribution in [3.05, 3.63) is 0 Å². The van der Waals surface area contributed by atoms with Crippen molar-refractivity contribution >= 4 is 0 Å². The Bertz CT molecular complexity index is 204. The number of hydrogen-bond donors (Lipinski definition) is 2. The predicted molar refractivity (Wildman–Crippen MR) is 64.3 cm³/mol. The van der Waals surface area contributed by atoms with Gasteiger partial charge < -0.3 is 10.2 Å². The standard InChI is InChI=1S/C13H25NO2/c15-10-12-6-3-7-14(12)9-13(16)8-11-4-1-2-5-11/h11-13,15-16H,1-10H2. The van der Waals surface area contributed by atoms with Gasteiger partial charge in [0.1, 0.15) is 0 Å². The van der Waals surface area contributed by atoms with E-state index in [2.05, 4.69) is 4.90 Å². The third-order valence-corrected chi connectivity index (χ3v) is 4.24. The van der Waals surface area contributed by atoms with Gasteiger partial charge in [-0.3, -0.25) is 4.90 Å². The average molecular weight is 227 g/mol. The van der Waals surface area contributed by atoms with E-state index in [4.69, 9.17) is 0 Å². The van der Waals surface area contributed by atoms with Gasteiger partial charge in [-0.05, 0) is 31.7 Å². The minimum atomic E-state index is -0.185. The number of hydrogen-bond acceptors (Lipinski definition) is 3. The molecule has 0 bridgehead atoms. The number of aliphatic hydroxyl groups excluding tert-OH is 2. The number of aliphatic hydroxyl groups is 2. The Hall–Kier alpha value is -0.120. The van der Waals surface area contributed by atoms with E-state index >= 15 is 0 Å². The molecular weight excluding hydrogens is 202 g/mol. The maximum atomic E-state index is 10.1. The zero-order valence-corrected chi connectivity index (χ0v) is 10.1. The van der Waals surface area contributed by atoms with Gasteiger partial charge >= 0.3 is 0 Å². The van der Waals surface area contributed by atoms with Crippen molar-refractivity contribution in [1.82, 2.24) is 4.90 Å². The van der Waals surface area contributed by atoms with Crippen molar-refractivity contribution in [3.8, 4) is 0 Å². The molecule has 0 aromatic rings. The van der Waals surface area contributed by atoms with Gasteiger partial charge in [0.2, 0.25) is 0 Å². The molecule has 3 heteroatoms. The maximum Gasteiger partial charge on any atom is 0.0669 e. The van der Waals surface area contributed by atoms with Crippen LogP contribution in [0.15, 0.2) is 0 Å². The van der Waals surface area contributed by atoms with Crippen LogP contribution in [-0.4, -0.2) is 47.0 Å². The molecule has 16 heavy (non-hydrogen) atoms. The largest absolute Gasteiger partial charge is 0.395 e. The summed E-state index contributed by atoms with van der Waals surface area (Å²) in [7, 11) is 0. The summed E-state index contributed by atoms with van der Waals surface area (Å²) < 4.78 is 0. The summed E-state index contributed by atoms with van der Waals surface area (Å²) in [5.41, 5.74) is 0. The molecular formula is C13H25NO2. The molecule has 0 amide bonds. The van der Waals surface area contributed by atoms with E-state index in [0.717, 1.165) is 31.8 Å². The van der Waals surface area contributed by atoms with Crippen LogP contribution in [0.4, 0.5) is 0 Å². The third kappa shape index (κ3) is 3.19. The van der Waals surface area contributed by atoms with Gasteiger partial charge in [-0.15, -0.1) is 0 Å². The Kier molecular flexibility index (Phi) is 4.62. The van der Waals surface area contributed by atoms with E-state index in [9.17, 15) is 10.2 Å². The quantitative estimate of drug-likeness (QED) is 0.746. The Morgan fingerprint density at radius 2 is 1.88 bits per heavy atom. The van der Waals surface area contributed by atoms with Crippen LogP contribution in [0.5, 0.6) is 0 Å². The van der Waals surface area contributed by atoms with Gasteiger partial charge in [-0.2, -0.15) is 0 Å². The topological polar surface area (TPSA) is 43.7 Å². The molecule has 1 saturated carbocycles. The zero-order chi connectivity index (χ0) is 11.4. The fourth-order valence-corrected chi connectivity index (χ4v) is 3.32. The predicted octanol–water partition coefficient (Wildman–Crippen LogP) is 1.38. The number of rotatable bonds is 5. The van der Waals surface area contributed by atoms with Crippen LogP contribution in [0.3, 0.4) is 0 Å². The molecule has 1 aliphatic carbocycles. The molecule has 94 valence electrons. The van der Waals surface area contributed by atoms with E-state index < -0.39 is 0 Å². The lowest BCUT2D eigenvalue weighted by atomic mass is 10.00. The lowest BCUT2D eigenvalue weighted by molar-refractivity contribution is 0.0703. The molecule has 2 rings (SSSR count). The second kappa shape index (κ2) is 5.99. The highest BCUT2D eigenvalue weighted by Crippen LogP contribution is 2.29. The van der Waals surface area contributed by atoms with Crippen molar-refractivity contribution in [1.29, 1.82) is 0 Å². The Morgan fingerprint density at radius 3 is 2.56 bits per heavy atom. The monoisotopic (exact) mass is 227 g/mol. The number of nitrogens with zero attached hydrogens (tertiary/aromatic N) is 1.